The van der Waals surface area contributed by atoms with Gasteiger partial charge in [0.1, 0.15) is 10.0 Å². The summed E-state index contributed by atoms with van der Waals surface area (Å²) in [5.41, 5.74) is 7.48. The van der Waals surface area contributed by atoms with Gasteiger partial charge in [0.15, 0.2) is 4.34 Å². The molecule has 0 aromatic carbocycles. The molecule has 0 aliphatic carbocycles. The zero-order valence-corrected chi connectivity index (χ0v) is 10.3. The van der Waals surface area contributed by atoms with E-state index >= 15 is 0 Å². The lowest BCUT2D eigenvalue weighted by Crippen LogP contribution is -1.93. The van der Waals surface area contributed by atoms with Crippen molar-refractivity contribution < 1.29 is 0 Å². The summed E-state index contributed by atoms with van der Waals surface area (Å²) >= 11 is 3.06. The minimum atomic E-state index is 0.718. The Kier molecular flexibility index (Phi) is 2.66. The molecule has 0 fully saturated rings. The highest BCUT2D eigenvalue weighted by Gasteiger charge is 2.13. The summed E-state index contributed by atoms with van der Waals surface area (Å²) < 4.78 is 2.66. The number of nitrogens with zero attached hydrogens (tertiary/aromatic N) is 4. The van der Waals surface area contributed by atoms with Gasteiger partial charge in [0, 0.05) is 7.05 Å². The summed E-state index contributed by atoms with van der Waals surface area (Å²) in [7, 11) is 1.87. The lowest BCUT2D eigenvalue weighted by atomic mass is 10.4. The first kappa shape index (κ1) is 10.4. The Hall–Kier alpha value is -1.08. The topological polar surface area (TPSA) is 69.6 Å². The Labute approximate surface area is 95.7 Å². The van der Waals surface area contributed by atoms with E-state index in [9.17, 15) is 0 Å². The number of rotatable bonds is 2. The largest absolute Gasteiger partial charge is 0.395 e. The van der Waals surface area contributed by atoms with Gasteiger partial charge in [0.05, 0.1) is 11.4 Å². The Morgan fingerprint density at radius 3 is 2.53 bits per heavy atom. The predicted octanol–water partition coefficient (Wildman–Crippen LogP) is 1.62. The third kappa shape index (κ3) is 1.98. The zero-order chi connectivity index (χ0) is 11.0. The van der Waals surface area contributed by atoms with Crippen LogP contribution in [0.2, 0.25) is 0 Å². The molecule has 2 aromatic rings. The van der Waals surface area contributed by atoms with E-state index in [1.54, 1.807) is 16.0 Å². The SMILES string of the molecule is Cc1nnc(Sc2c(N)c(C)nn2C)s1. The summed E-state index contributed by atoms with van der Waals surface area (Å²) in [6, 6.07) is 0. The molecule has 0 bridgehead atoms. The molecule has 0 aliphatic rings. The van der Waals surface area contributed by atoms with Crippen LogP contribution in [0.15, 0.2) is 9.37 Å². The molecular formula is C8H11N5S2. The second-order valence-electron chi connectivity index (χ2n) is 3.12. The summed E-state index contributed by atoms with van der Waals surface area (Å²) in [6.45, 7) is 3.82. The number of aryl methyl sites for hydroxylation is 3. The van der Waals surface area contributed by atoms with Gasteiger partial charge >= 0.3 is 0 Å². The predicted molar refractivity (Wildman–Crippen MR) is 61.1 cm³/mol. The van der Waals surface area contributed by atoms with Gasteiger partial charge in [-0.3, -0.25) is 4.68 Å². The molecule has 2 aromatic heterocycles. The van der Waals surface area contributed by atoms with Crippen LogP contribution < -0.4 is 5.73 Å². The first-order valence-electron chi connectivity index (χ1n) is 4.35. The van der Waals surface area contributed by atoms with E-state index in [1.807, 2.05) is 20.9 Å². The van der Waals surface area contributed by atoms with Crippen molar-refractivity contribution in [2.75, 3.05) is 5.73 Å². The van der Waals surface area contributed by atoms with Gasteiger partial charge in [0.25, 0.3) is 0 Å². The van der Waals surface area contributed by atoms with Crippen LogP contribution in [-0.2, 0) is 7.05 Å². The Bertz CT molecular complexity index is 487. The number of hydrogen-bond donors (Lipinski definition) is 1. The lowest BCUT2D eigenvalue weighted by Gasteiger charge is -1.98. The molecule has 2 N–H and O–H groups in total. The molecule has 7 heteroatoms. The van der Waals surface area contributed by atoms with E-state index in [-0.39, 0.29) is 0 Å². The maximum absolute atomic E-state index is 5.91. The Morgan fingerprint density at radius 1 is 1.33 bits per heavy atom. The molecular weight excluding hydrogens is 230 g/mol. The summed E-state index contributed by atoms with van der Waals surface area (Å²) in [6.07, 6.45) is 0. The summed E-state index contributed by atoms with van der Waals surface area (Å²) in [4.78, 5) is 0. The molecule has 15 heavy (non-hydrogen) atoms. The number of nitrogen functional groups attached to an aromatic ring is 1. The first-order chi connectivity index (χ1) is 7.08. The van der Waals surface area contributed by atoms with Gasteiger partial charge in [-0.2, -0.15) is 5.10 Å². The molecule has 5 nitrogen and oxygen atoms in total. The standard InChI is InChI=1S/C8H11N5S2/c1-4-6(9)7(13(3)12-4)15-8-11-10-5(2)14-8/h9H2,1-3H3. The van der Waals surface area contributed by atoms with Gasteiger partial charge in [0.2, 0.25) is 0 Å². The van der Waals surface area contributed by atoms with Crippen LogP contribution in [-0.4, -0.2) is 20.0 Å². The van der Waals surface area contributed by atoms with Gasteiger partial charge in [-0.15, -0.1) is 10.2 Å². The van der Waals surface area contributed by atoms with Gasteiger partial charge in [-0.1, -0.05) is 11.3 Å². The van der Waals surface area contributed by atoms with E-state index in [0.29, 0.717) is 0 Å². The number of hydrogen-bond acceptors (Lipinski definition) is 6. The van der Waals surface area contributed by atoms with Gasteiger partial charge < -0.3 is 5.73 Å². The van der Waals surface area contributed by atoms with Crippen molar-refractivity contribution in [2.24, 2.45) is 7.05 Å². The number of nitrogens with two attached hydrogens (primary N) is 1. The second kappa shape index (κ2) is 3.82. The number of anilines is 1. The highest BCUT2D eigenvalue weighted by Crippen LogP contribution is 2.34. The first-order valence-corrected chi connectivity index (χ1v) is 5.98. The van der Waals surface area contributed by atoms with E-state index in [2.05, 4.69) is 15.3 Å². The second-order valence-corrected chi connectivity index (χ2v) is 5.53. The maximum Gasteiger partial charge on any atom is 0.180 e. The van der Waals surface area contributed by atoms with E-state index in [0.717, 1.165) is 25.8 Å². The lowest BCUT2D eigenvalue weighted by molar-refractivity contribution is 0.693. The minimum Gasteiger partial charge on any atom is -0.395 e. The monoisotopic (exact) mass is 241 g/mol. The van der Waals surface area contributed by atoms with Crippen LogP contribution >= 0.6 is 23.1 Å². The van der Waals surface area contributed by atoms with Crippen molar-refractivity contribution >= 4 is 28.8 Å². The fraction of sp³-hybridized carbons (Fsp3) is 0.375. The summed E-state index contributed by atoms with van der Waals surface area (Å²) in [5.74, 6) is 0. The van der Waals surface area contributed by atoms with Crippen LogP contribution in [0, 0.1) is 13.8 Å². The maximum atomic E-state index is 5.91. The van der Waals surface area contributed by atoms with E-state index < -0.39 is 0 Å². The summed E-state index contributed by atoms with van der Waals surface area (Å²) in [5, 5.41) is 14.1. The quantitative estimate of drug-likeness (QED) is 0.865. The normalized spacial score (nSPS) is 10.9. The molecule has 2 rings (SSSR count). The third-order valence-corrected chi connectivity index (χ3v) is 3.97. The van der Waals surface area contributed by atoms with Crippen molar-refractivity contribution in [2.45, 2.75) is 23.2 Å². The zero-order valence-electron chi connectivity index (χ0n) is 8.68. The molecule has 0 aliphatic heterocycles. The molecule has 80 valence electrons. The van der Waals surface area contributed by atoms with Crippen molar-refractivity contribution in [1.82, 2.24) is 20.0 Å². The molecule has 0 amide bonds. The average Bonchev–Trinajstić information content (AvgIpc) is 2.67. The smallest absolute Gasteiger partial charge is 0.180 e. The Balaban J connectivity index is 2.31. The molecule has 0 unspecified atom stereocenters. The van der Waals surface area contributed by atoms with E-state index in [1.165, 1.54) is 11.8 Å². The third-order valence-electron chi connectivity index (χ3n) is 1.91. The Morgan fingerprint density at radius 2 is 2.07 bits per heavy atom. The van der Waals surface area contributed by atoms with Gasteiger partial charge in [-0.25, -0.2) is 0 Å². The number of aromatic nitrogens is 4. The van der Waals surface area contributed by atoms with Crippen molar-refractivity contribution in [3.05, 3.63) is 10.7 Å². The van der Waals surface area contributed by atoms with Crippen LogP contribution in [0.25, 0.3) is 0 Å². The van der Waals surface area contributed by atoms with E-state index in [4.69, 9.17) is 5.73 Å². The molecule has 0 saturated heterocycles. The van der Waals surface area contributed by atoms with Crippen molar-refractivity contribution in [1.29, 1.82) is 0 Å². The molecule has 0 atom stereocenters. The van der Waals surface area contributed by atoms with Crippen LogP contribution in [0.5, 0.6) is 0 Å². The van der Waals surface area contributed by atoms with Crippen molar-refractivity contribution in [3.63, 3.8) is 0 Å². The minimum absolute atomic E-state index is 0.718. The van der Waals surface area contributed by atoms with Crippen LogP contribution in [0.1, 0.15) is 10.7 Å². The van der Waals surface area contributed by atoms with Crippen LogP contribution in [0.4, 0.5) is 5.69 Å². The highest BCUT2D eigenvalue weighted by atomic mass is 32.2. The fourth-order valence-corrected chi connectivity index (χ4v) is 3.04. The molecule has 2 heterocycles. The van der Waals surface area contributed by atoms with Crippen LogP contribution in [0.3, 0.4) is 0 Å². The molecule has 0 spiro atoms. The highest BCUT2D eigenvalue weighted by molar-refractivity contribution is 8.01. The molecule has 0 radical (unpaired) electrons. The average molecular weight is 241 g/mol. The fourth-order valence-electron chi connectivity index (χ4n) is 1.18. The van der Waals surface area contributed by atoms with Crippen molar-refractivity contribution in [3.8, 4) is 0 Å². The molecule has 0 saturated carbocycles. The van der Waals surface area contributed by atoms with Gasteiger partial charge in [-0.05, 0) is 25.6 Å².